The third-order valence-electron chi connectivity index (χ3n) is 4.34. The summed E-state index contributed by atoms with van der Waals surface area (Å²) in [5, 5.41) is 12.4. The Balaban J connectivity index is 1.70. The van der Waals surface area contributed by atoms with Crippen molar-refractivity contribution in [3.05, 3.63) is 59.2 Å². The van der Waals surface area contributed by atoms with Crippen LogP contribution in [-0.4, -0.2) is 46.5 Å². The summed E-state index contributed by atoms with van der Waals surface area (Å²) in [5.41, 5.74) is 2.09. The number of carboxylic acid groups (broad SMARTS) is 1. The molecule has 0 spiro atoms. The number of nitrogens with one attached hydrogen (secondary N) is 1. The van der Waals surface area contributed by atoms with Crippen molar-refractivity contribution < 1.29 is 19.1 Å². The standard InChI is InChI=1S/C19H20FN3O3/c20-15-5-3-13(4-6-15)10-14-11-16(18(19(25)26)22-12-14)21-7-9-23-8-1-2-17(23)24/h3-6,11-12,21H,1-2,7-10H2,(H,25,26). The Kier molecular flexibility index (Phi) is 5.46. The number of nitrogens with zero attached hydrogens (tertiary/aromatic N) is 2. The molecule has 0 unspecified atom stereocenters. The van der Waals surface area contributed by atoms with Crippen LogP contribution in [0, 0.1) is 5.82 Å². The van der Waals surface area contributed by atoms with Crippen molar-refractivity contribution in [2.24, 2.45) is 0 Å². The number of anilines is 1. The third kappa shape index (κ3) is 4.36. The van der Waals surface area contributed by atoms with Crippen molar-refractivity contribution in [1.82, 2.24) is 9.88 Å². The van der Waals surface area contributed by atoms with E-state index in [4.69, 9.17) is 0 Å². The number of halogens is 1. The number of amides is 1. The molecule has 1 aromatic carbocycles. The zero-order chi connectivity index (χ0) is 18.5. The molecule has 0 saturated carbocycles. The van der Waals surface area contributed by atoms with Gasteiger partial charge in [0.1, 0.15) is 5.82 Å². The molecule has 0 atom stereocenters. The highest BCUT2D eigenvalue weighted by Gasteiger charge is 2.19. The number of hydrogen-bond acceptors (Lipinski definition) is 4. The van der Waals surface area contributed by atoms with E-state index >= 15 is 0 Å². The summed E-state index contributed by atoms with van der Waals surface area (Å²) in [6, 6.07) is 7.89. The molecule has 6 nitrogen and oxygen atoms in total. The van der Waals surface area contributed by atoms with Crippen LogP contribution in [0.2, 0.25) is 0 Å². The van der Waals surface area contributed by atoms with Crippen molar-refractivity contribution >= 4 is 17.6 Å². The maximum Gasteiger partial charge on any atom is 0.356 e. The number of carboxylic acids is 1. The summed E-state index contributed by atoms with van der Waals surface area (Å²) in [5.74, 6) is -1.28. The molecule has 0 aliphatic carbocycles. The van der Waals surface area contributed by atoms with Gasteiger partial charge in [0.2, 0.25) is 5.91 Å². The SMILES string of the molecule is O=C(O)c1ncc(Cc2ccc(F)cc2)cc1NCCN1CCCC1=O. The smallest absolute Gasteiger partial charge is 0.356 e. The highest BCUT2D eigenvalue weighted by Crippen LogP contribution is 2.18. The van der Waals surface area contributed by atoms with Gasteiger partial charge in [-0.05, 0) is 42.2 Å². The van der Waals surface area contributed by atoms with Crippen LogP contribution >= 0.6 is 0 Å². The number of carbonyl (C=O) groups is 2. The average molecular weight is 357 g/mol. The van der Waals surface area contributed by atoms with E-state index in [1.807, 2.05) is 0 Å². The first-order chi connectivity index (χ1) is 12.5. The van der Waals surface area contributed by atoms with Crippen LogP contribution in [0.4, 0.5) is 10.1 Å². The fourth-order valence-electron chi connectivity index (χ4n) is 3.01. The third-order valence-corrected chi connectivity index (χ3v) is 4.34. The van der Waals surface area contributed by atoms with Crippen LogP contribution in [0.3, 0.4) is 0 Å². The van der Waals surface area contributed by atoms with Crippen LogP contribution in [-0.2, 0) is 11.2 Å². The summed E-state index contributed by atoms with van der Waals surface area (Å²) in [6.07, 6.45) is 3.48. The number of rotatable bonds is 7. The Labute approximate surface area is 150 Å². The lowest BCUT2D eigenvalue weighted by Crippen LogP contribution is -2.30. The molecule has 0 radical (unpaired) electrons. The predicted octanol–water partition coefficient (Wildman–Crippen LogP) is 2.54. The minimum Gasteiger partial charge on any atom is -0.476 e. The lowest BCUT2D eigenvalue weighted by molar-refractivity contribution is -0.127. The van der Waals surface area contributed by atoms with Gasteiger partial charge in [-0.3, -0.25) is 4.79 Å². The second-order valence-corrected chi connectivity index (χ2v) is 6.26. The molecular weight excluding hydrogens is 337 g/mol. The van der Waals surface area contributed by atoms with Crippen molar-refractivity contribution in [3.8, 4) is 0 Å². The highest BCUT2D eigenvalue weighted by atomic mass is 19.1. The first-order valence-corrected chi connectivity index (χ1v) is 8.51. The van der Waals surface area contributed by atoms with E-state index in [2.05, 4.69) is 10.3 Å². The molecule has 1 aliphatic heterocycles. The molecule has 0 bridgehead atoms. The fourth-order valence-corrected chi connectivity index (χ4v) is 3.01. The molecule has 2 aromatic rings. The number of aromatic nitrogens is 1. The minimum atomic E-state index is -1.11. The monoisotopic (exact) mass is 357 g/mol. The average Bonchev–Trinajstić information content (AvgIpc) is 3.02. The highest BCUT2D eigenvalue weighted by molar-refractivity contribution is 5.92. The maximum atomic E-state index is 13.0. The van der Waals surface area contributed by atoms with E-state index < -0.39 is 5.97 Å². The van der Waals surface area contributed by atoms with Crippen LogP contribution in [0.1, 0.15) is 34.5 Å². The molecular formula is C19H20FN3O3. The van der Waals surface area contributed by atoms with Gasteiger partial charge in [-0.15, -0.1) is 0 Å². The topological polar surface area (TPSA) is 82.5 Å². The van der Waals surface area contributed by atoms with Gasteiger partial charge in [-0.25, -0.2) is 14.2 Å². The van der Waals surface area contributed by atoms with E-state index in [1.54, 1.807) is 23.1 Å². The lowest BCUT2D eigenvalue weighted by atomic mass is 10.1. The first-order valence-electron chi connectivity index (χ1n) is 8.51. The van der Waals surface area contributed by atoms with Crippen molar-refractivity contribution in [3.63, 3.8) is 0 Å². The van der Waals surface area contributed by atoms with Gasteiger partial charge in [-0.1, -0.05) is 12.1 Å². The first kappa shape index (κ1) is 17.8. The van der Waals surface area contributed by atoms with Crippen molar-refractivity contribution in [2.45, 2.75) is 19.3 Å². The normalized spacial score (nSPS) is 13.9. The molecule has 1 amide bonds. The van der Waals surface area contributed by atoms with Crippen LogP contribution in [0.25, 0.3) is 0 Å². The molecule has 3 rings (SSSR count). The molecule has 2 N–H and O–H groups in total. The molecule has 26 heavy (non-hydrogen) atoms. The summed E-state index contributed by atoms with van der Waals surface area (Å²) in [4.78, 5) is 28.8. The van der Waals surface area contributed by atoms with Crippen LogP contribution in [0.15, 0.2) is 36.5 Å². The van der Waals surface area contributed by atoms with Gasteiger partial charge in [0.15, 0.2) is 5.69 Å². The summed E-state index contributed by atoms with van der Waals surface area (Å²) < 4.78 is 13.0. The number of benzene rings is 1. The van der Waals surface area contributed by atoms with E-state index in [0.29, 0.717) is 31.6 Å². The number of hydrogen-bond donors (Lipinski definition) is 2. The van der Waals surface area contributed by atoms with Gasteiger partial charge in [-0.2, -0.15) is 0 Å². The number of aromatic carboxylic acids is 1. The van der Waals surface area contributed by atoms with Gasteiger partial charge in [0.25, 0.3) is 0 Å². The van der Waals surface area contributed by atoms with Crippen molar-refractivity contribution in [1.29, 1.82) is 0 Å². The molecule has 2 heterocycles. The molecule has 1 aromatic heterocycles. The fraction of sp³-hybridized carbons (Fsp3) is 0.316. The van der Waals surface area contributed by atoms with E-state index in [1.165, 1.54) is 18.3 Å². The van der Waals surface area contributed by atoms with Gasteiger partial charge >= 0.3 is 5.97 Å². The Morgan fingerprint density at radius 2 is 2.04 bits per heavy atom. The minimum absolute atomic E-state index is 0.0550. The molecule has 1 aliphatic rings. The Hall–Kier alpha value is -2.96. The molecule has 136 valence electrons. The van der Waals surface area contributed by atoms with E-state index in [0.717, 1.165) is 24.1 Å². The molecule has 7 heteroatoms. The maximum absolute atomic E-state index is 13.0. The van der Waals surface area contributed by atoms with E-state index in [-0.39, 0.29) is 17.4 Å². The van der Waals surface area contributed by atoms with Gasteiger partial charge < -0.3 is 15.3 Å². The Morgan fingerprint density at radius 3 is 2.69 bits per heavy atom. The largest absolute Gasteiger partial charge is 0.476 e. The van der Waals surface area contributed by atoms with Crippen LogP contribution < -0.4 is 5.32 Å². The summed E-state index contributed by atoms with van der Waals surface area (Å²) >= 11 is 0. The molecule has 1 saturated heterocycles. The Morgan fingerprint density at radius 1 is 1.27 bits per heavy atom. The zero-order valence-corrected chi connectivity index (χ0v) is 14.2. The summed E-state index contributed by atoms with van der Waals surface area (Å²) in [7, 11) is 0. The van der Waals surface area contributed by atoms with Crippen molar-refractivity contribution in [2.75, 3.05) is 25.0 Å². The second-order valence-electron chi connectivity index (χ2n) is 6.26. The van der Waals surface area contributed by atoms with E-state index in [9.17, 15) is 19.1 Å². The Bertz CT molecular complexity index is 808. The number of carbonyl (C=O) groups excluding carboxylic acids is 1. The number of pyridine rings is 1. The second kappa shape index (κ2) is 7.95. The number of likely N-dealkylation sites (tertiary alicyclic amines) is 1. The van der Waals surface area contributed by atoms with Gasteiger partial charge in [0.05, 0.1) is 5.69 Å². The molecule has 1 fully saturated rings. The predicted molar refractivity (Wildman–Crippen MR) is 94.7 cm³/mol. The summed E-state index contributed by atoms with van der Waals surface area (Å²) in [6.45, 7) is 1.73. The van der Waals surface area contributed by atoms with Crippen LogP contribution in [0.5, 0.6) is 0 Å². The zero-order valence-electron chi connectivity index (χ0n) is 14.2. The quantitative estimate of drug-likeness (QED) is 0.796. The lowest BCUT2D eigenvalue weighted by Gasteiger charge is -2.17. The van der Waals surface area contributed by atoms with Gasteiger partial charge in [0, 0.05) is 32.3 Å².